The van der Waals surface area contributed by atoms with Crippen molar-refractivity contribution in [1.29, 1.82) is 0 Å². The van der Waals surface area contributed by atoms with Crippen LogP contribution in [0.25, 0.3) is 11.4 Å². The maximum absolute atomic E-state index is 9.10. The standard InChI is InChI=1S/C11H10BrClN2O/c1-15-10(13)9(6-16)14-11(15)7-4-2-3-5-8(7)12/h2-5,16H,6H2,1H3. The molecule has 5 heteroatoms. The van der Waals surface area contributed by atoms with E-state index in [1.807, 2.05) is 31.3 Å². The summed E-state index contributed by atoms with van der Waals surface area (Å²) in [5.41, 5.74) is 1.45. The van der Waals surface area contributed by atoms with E-state index in [1.54, 1.807) is 4.57 Å². The van der Waals surface area contributed by atoms with E-state index in [2.05, 4.69) is 20.9 Å². The Balaban J connectivity index is 2.61. The zero-order valence-corrected chi connectivity index (χ0v) is 11.0. The van der Waals surface area contributed by atoms with E-state index in [1.165, 1.54) is 0 Å². The van der Waals surface area contributed by atoms with Gasteiger partial charge >= 0.3 is 0 Å². The Morgan fingerprint density at radius 3 is 2.69 bits per heavy atom. The maximum atomic E-state index is 9.10. The Morgan fingerprint density at radius 1 is 1.44 bits per heavy atom. The maximum Gasteiger partial charge on any atom is 0.142 e. The van der Waals surface area contributed by atoms with Crippen molar-refractivity contribution in [3.05, 3.63) is 39.6 Å². The first-order valence-electron chi connectivity index (χ1n) is 4.72. The molecular weight excluding hydrogens is 291 g/mol. The number of hydrogen-bond donors (Lipinski definition) is 1. The Bertz CT molecular complexity index is 525. The second-order valence-corrected chi connectivity index (χ2v) is 4.58. The monoisotopic (exact) mass is 300 g/mol. The van der Waals surface area contributed by atoms with Crippen LogP contribution >= 0.6 is 27.5 Å². The number of aliphatic hydroxyl groups is 1. The molecule has 0 aliphatic carbocycles. The molecular formula is C11H10BrClN2O. The zero-order chi connectivity index (χ0) is 11.7. The van der Waals surface area contributed by atoms with E-state index >= 15 is 0 Å². The third-order valence-electron chi connectivity index (χ3n) is 2.36. The summed E-state index contributed by atoms with van der Waals surface area (Å²) in [4.78, 5) is 4.31. The number of aromatic nitrogens is 2. The summed E-state index contributed by atoms with van der Waals surface area (Å²) >= 11 is 9.51. The van der Waals surface area contributed by atoms with Gasteiger partial charge < -0.3 is 9.67 Å². The molecule has 3 nitrogen and oxygen atoms in total. The lowest BCUT2D eigenvalue weighted by atomic mass is 10.2. The topological polar surface area (TPSA) is 38.0 Å². The quantitative estimate of drug-likeness (QED) is 0.926. The van der Waals surface area contributed by atoms with E-state index in [0.29, 0.717) is 10.8 Å². The summed E-state index contributed by atoms with van der Waals surface area (Å²) in [5, 5.41) is 9.57. The fourth-order valence-corrected chi connectivity index (χ4v) is 2.16. The second kappa shape index (κ2) is 4.57. The number of halogens is 2. The highest BCUT2D eigenvalue weighted by atomic mass is 79.9. The SMILES string of the molecule is Cn1c(-c2ccccc2Br)nc(CO)c1Cl. The van der Waals surface area contributed by atoms with Crippen LogP contribution in [-0.2, 0) is 13.7 Å². The van der Waals surface area contributed by atoms with E-state index < -0.39 is 0 Å². The molecule has 1 aromatic carbocycles. The highest BCUT2D eigenvalue weighted by Gasteiger charge is 2.14. The predicted octanol–water partition coefficient (Wildman–Crippen LogP) is 3.00. The summed E-state index contributed by atoms with van der Waals surface area (Å²) in [5.74, 6) is 0.738. The molecule has 0 unspecified atom stereocenters. The first-order valence-corrected chi connectivity index (χ1v) is 5.89. The van der Waals surface area contributed by atoms with Crippen LogP contribution in [0.2, 0.25) is 5.15 Å². The molecule has 0 aliphatic heterocycles. The molecule has 16 heavy (non-hydrogen) atoms. The summed E-state index contributed by atoms with van der Waals surface area (Å²) in [6.07, 6.45) is 0. The molecule has 0 radical (unpaired) electrons. The predicted molar refractivity (Wildman–Crippen MR) is 67.3 cm³/mol. The third-order valence-corrected chi connectivity index (χ3v) is 3.52. The largest absolute Gasteiger partial charge is 0.390 e. The van der Waals surface area contributed by atoms with Crippen LogP contribution in [0.3, 0.4) is 0 Å². The van der Waals surface area contributed by atoms with Gasteiger partial charge in [0, 0.05) is 17.1 Å². The second-order valence-electron chi connectivity index (χ2n) is 3.37. The first kappa shape index (κ1) is 11.6. The van der Waals surface area contributed by atoms with Crippen LogP contribution in [0.4, 0.5) is 0 Å². The number of imidazole rings is 1. The molecule has 0 bridgehead atoms. The minimum absolute atomic E-state index is 0.156. The van der Waals surface area contributed by atoms with Crippen molar-refractivity contribution in [3.8, 4) is 11.4 Å². The van der Waals surface area contributed by atoms with Crippen molar-refractivity contribution in [2.45, 2.75) is 6.61 Å². The van der Waals surface area contributed by atoms with Gasteiger partial charge in [-0.05, 0) is 6.07 Å². The fraction of sp³-hybridized carbons (Fsp3) is 0.182. The smallest absolute Gasteiger partial charge is 0.142 e. The van der Waals surface area contributed by atoms with Crippen molar-refractivity contribution in [2.75, 3.05) is 0 Å². The molecule has 0 saturated carbocycles. The lowest BCUT2D eigenvalue weighted by Crippen LogP contribution is -1.93. The van der Waals surface area contributed by atoms with Gasteiger partial charge in [-0.25, -0.2) is 4.98 Å². The van der Waals surface area contributed by atoms with Gasteiger partial charge in [0.25, 0.3) is 0 Å². The summed E-state index contributed by atoms with van der Waals surface area (Å²) in [6.45, 7) is -0.156. The number of aliphatic hydroxyl groups excluding tert-OH is 1. The molecule has 2 aromatic rings. The summed E-state index contributed by atoms with van der Waals surface area (Å²) in [6, 6.07) is 7.76. The molecule has 0 amide bonds. The molecule has 0 fully saturated rings. The molecule has 1 heterocycles. The molecule has 1 N–H and O–H groups in total. The Hall–Kier alpha value is -0.840. The Labute approximate surface area is 107 Å². The van der Waals surface area contributed by atoms with Gasteiger partial charge in [0.2, 0.25) is 0 Å². The molecule has 0 saturated heterocycles. The van der Waals surface area contributed by atoms with E-state index in [9.17, 15) is 0 Å². The summed E-state index contributed by atoms with van der Waals surface area (Å²) in [7, 11) is 1.82. The Kier molecular flexibility index (Phi) is 3.33. The highest BCUT2D eigenvalue weighted by molar-refractivity contribution is 9.10. The van der Waals surface area contributed by atoms with Crippen LogP contribution in [0.1, 0.15) is 5.69 Å². The van der Waals surface area contributed by atoms with Gasteiger partial charge in [0.15, 0.2) is 0 Å². The normalized spacial score (nSPS) is 10.8. The van der Waals surface area contributed by atoms with Gasteiger partial charge in [0.1, 0.15) is 16.7 Å². The Morgan fingerprint density at radius 2 is 2.12 bits per heavy atom. The molecule has 84 valence electrons. The van der Waals surface area contributed by atoms with Gasteiger partial charge in [-0.3, -0.25) is 0 Å². The van der Waals surface area contributed by atoms with Crippen LogP contribution in [0.15, 0.2) is 28.7 Å². The van der Waals surface area contributed by atoms with Gasteiger partial charge in [0.05, 0.1) is 6.61 Å². The fourth-order valence-electron chi connectivity index (χ4n) is 1.52. The van der Waals surface area contributed by atoms with Crippen LogP contribution in [0.5, 0.6) is 0 Å². The number of rotatable bonds is 2. The van der Waals surface area contributed by atoms with Gasteiger partial charge in [-0.2, -0.15) is 0 Å². The van der Waals surface area contributed by atoms with Crippen LogP contribution < -0.4 is 0 Å². The van der Waals surface area contributed by atoms with Crippen LogP contribution in [0, 0.1) is 0 Å². The number of hydrogen-bond acceptors (Lipinski definition) is 2. The molecule has 1 aromatic heterocycles. The van der Waals surface area contributed by atoms with E-state index in [4.69, 9.17) is 16.7 Å². The minimum Gasteiger partial charge on any atom is -0.390 e. The lowest BCUT2D eigenvalue weighted by Gasteiger charge is -2.04. The van der Waals surface area contributed by atoms with E-state index in [-0.39, 0.29) is 6.61 Å². The third kappa shape index (κ3) is 1.88. The zero-order valence-electron chi connectivity index (χ0n) is 8.61. The highest BCUT2D eigenvalue weighted by Crippen LogP contribution is 2.30. The molecule has 0 aliphatic rings. The van der Waals surface area contributed by atoms with Crippen LogP contribution in [-0.4, -0.2) is 14.7 Å². The van der Waals surface area contributed by atoms with Crippen molar-refractivity contribution in [3.63, 3.8) is 0 Å². The average molecular weight is 302 g/mol. The minimum atomic E-state index is -0.156. The van der Waals surface area contributed by atoms with Crippen molar-refractivity contribution in [1.82, 2.24) is 9.55 Å². The molecule has 2 rings (SSSR count). The van der Waals surface area contributed by atoms with Gasteiger partial charge in [-0.15, -0.1) is 0 Å². The number of nitrogens with zero attached hydrogens (tertiary/aromatic N) is 2. The molecule has 0 spiro atoms. The van der Waals surface area contributed by atoms with Crippen molar-refractivity contribution in [2.24, 2.45) is 7.05 Å². The van der Waals surface area contributed by atoms with Gasteiger partial charge in [-0.1, -0.05) is 45.7 Å². The average Bonchev–Trinajstić information content (AvgIpc) is 2.57. The van der Waals surface area contributed by atoms with Crippen molar-refractivity contribution < 1.29 is 5.11 Å². The lowest BCUT2D eigenvalue weighted by molar-refractivity contribution is 0.277. The van der Waals surface area contributed by atoms with Crippen molar-refractivity contribution >= 4 is 27.5 Å². The first-order chi connectivity index (χ1) is 7.65. The van der Waals surface area contributed by atoms with E-state index in [0.717, 1.165) is 15.9 Å². The molecule has 0 atom stereocenters. The summed E-state index contributed by atoms with van der Waals surface area (Å²) < 4.78 is 2.71. The number of benzene rings is 1.